The van der Waals surface area contributed by atoms with Crippen molar-refractivity contribution in [1.82, 2.24) is 29.4 Å². The summed E-state index contributed by atoms with van der Waals surface area (Å²) in [6.45, 7) is 2.70. The molecule has 32 heavy (non-hydrogen) atoms. The number of likely N-dealkylation sites (N-methyl/N-ethyl adjacent to an activating group) is 1. The van der Waals surface area contributed by atoms with Crippen molar-refractivity contribution in [3.05, 3.63) is 53.4 Å². The molecule has 4 aromatic rings. The average molecular weight is 446 g/mol. The number of aryl methyl sites for hydroxylation is 1. The van der Waals surface area contributed by atoms with Crippen LogP contribution in [0.15, 0.2) is 46.4 Å². The van der Waals surface area contributed by atoms with E-state index in [-0.39, 0.29) is 5.91 Å². The number of rotatable bonds is 5. The molecule has 2 fully saturated rings. The summed E-state index contributed by atoms with van der Waals surface area (Å²) in [5, 5.41) is 9.33. The van der Waals surface area contributed by atoms with Crippen LogP contribution in [-0.4, -0.2) is 48.9 Å². The summed E-state index contributed by atoms with van der Waals surface area (Å²) in [5.41, 5.74) is 3.90. The maximum Gasteiger partial charge on any atom is 0.236 e. The fourth-order valence-corrected chi connectivity index (χ4v) is 5.04. The lowest BCUT2D eigenvalue weighted by Crippen LogP contribution is -2.29. The number of anilines is 2. The van der Waals surface area contributed by atoms with Crippen LogP contribution < -0.4 is 5.32 Å². The van der Waals surface area contributed by atoms with E-state index in [4.69, 9.17) is 9.51 Å². The van der Waals surface area contributed by atoms with Gasteiger partial charge in [0.2, 0.25) is 11.9 Å². The lowest BCUT2D eigenvalue weighted by atomic mass is 10.0. The summed E-state index contributed by atoms with van der Waals surface area (Å²) >= 11 is 1.38. The molecule has 160 valence electrons. The van der Waals surface area contributed by atoms with E-state index in [1.54, 1.807) is 11.1 Å². The van der Waals surface area contributed by atoms with Gasteiger partial charge in [-0.15, -0.1) is 0 Å². The third-order valence-electron chi connectivity index (χ3n) is 6.20. The fourth-order valence-electron chi connectivity index (χ4n) is 4.39. The van der Waals surface area contributed by atoms with Gasteiger partial charge in [0, 0.05) is 31.2 Å². The third-order valence-corrected chi connectivity index (χ3v) is 6.92. The van der Waals surface area contributed by atoms with Crippen LogP contribution in [0.5, 0.6) is 0 Å². The van der Waals surface area contributed by atoms with Gasteiger partial charge < -0.3 is 14.7 Å². The Morgan fingerprint density at radius 3 is 2.75 bits per heavy atom. The monoisotopic (exact) mass is 445 g/mol. The van der Waals surface area contributed by atoms with Crippen LogP contribution in [0.1, 0.15) is 17.9 Å². The number of amides is 1. The van der Waals surface area contributed by atoms with E-state index >= 15 is 0 Å². The van der Waals surface area contributed by atoms with Gasteiger partial charge in [-0.2, -0.15) is 4.37 Å². The molecule has 1 aliphatic heterocycles. The smallest absolute Gasteiger partial charge is 0.236 e. The van der Waals surface area contributed by atoms with Crippen LogP contribution >= 0.6 is 11.5 Å². The van der Waals surface area contributed by atoms with Crippen molar-refractivity contribution >= 4 is 29.1 Å². The molecule has 1 saturated heterocycles. The summed E-state index contributed by atoms with van der Waals surface area (Å²) < 4.78 is 9.88. The normalized spacial score (nSPS) is 21.6. The van der Waals surface area contributed by atoms with Crippen LogP contribution in [0.3, 0.4) is 0 Å². The van der Waals surface area contributed by atoms with E-state index in [9.17, 15) is 4.79 Å². The Labute approximate surface area is 187 Å². The van der Waals surface area contributed by atoms with Gasteiger partial charge in [0.15, 0.2) is 5.76 Å². The van der Waals surface area contributed by atoms with Gasteiger partial charge >= 0.3 is 0 Å². The summed E-state index contributed by atoms with van der Waals surface area (Å²) in [6, 6.07) is 9.32. The summed E-state index contributed by atoms with van der Waals surface area (Å²) in [5.74, 6) is 1.54. The van der Waals surface area contributed by atoms with Crippen molar-refractivity contribution < 1.29 is 9.32 Å². The molecule has 1 amide bonds. The Bertz CT molecular complexity index is 1350. The highest BCUT2D eigenvalue weighted by atomic mass is 32.1. The molecule has 0 radical (unpaired) electrons. The number of hydrogen-bond acceptors (Lipinski definition) is 9. The second kappa shape index (κ2) is 6.92. The fraction of sp³-hybridized carbons (Fsp3) is 0.273. The van der Waals surface area contributed by atoms with Gasteiger partial charge in [-0.3, -0.25) is 4.79 Å². The zero-order valence-electron chi connectivity index (χ0n) is 17.4. The molecular weight excluding hydrogens is 426 g/mol. The van der Waals surface area contributed by atoms with Gasteiger partial charge in [-0.05, 0) is 49.0 Å². The first-order valence-corrected chi connectivity index (χ1v) is 11.1. The number of carbonyl (C=O) groups is 1. The van der Waals surface area contributed by atoms with Crippen molar-refractivity contribution in [2.24, 2.45) is 5.92 Å². The Morgan fingerprint density at radius 2 is 2.00 bits per heavy atom. The molecule has 1 N–H and O–H groups in total. The second-order valence-electron chi connectivity index (χ2n) is 8.25. The third kappa shape index (κ3) is 2.90. The van der Waals surface area contributed by atoms with Gasteiger partial charge in [0.1, 0.15) is 11.1 Å². The molecule has 1 saturated carbocycles. The molecule has 0 aromatic carbocycles. The average Bonchev–Trinajstić information content (AvgIpc) is 3.10. The Balaban J connectivity index is 1.29. The first-order chi connectivity index (χ1) is 15.5. The van der Waals surface area contributed by atoms with Crippen LogP contribution in [0.25, 0.3) is 22.8 Å². The quantitative estimate of drug-likeness (QED) is 0.498. The van der Waals surface area contributed by atoms with E-state index in [0.717, 1.165) is 24.3 Å². The predicted molar refractivity (Wildman–Crippen MR) is 118 cm³/mol. The number of piperidine rings is 1. The van der Waals surface area contributed by atoms with Crippen molar-refractivity contribution in [2.75, 3.05) is 18.9 Å². The Morgan fingerprint density at radius 1 is 1.19 bits per heavy atom. The molecule has 4 aromatic heterocycles. The lowest BCUT2D eigenvalue weighted by molar-refractivity contribution is -0.130. The van der Waals surface area contributed by atoms with E-state index in [1.165, 1.54) is 11.5 Å². The minimum Gasteiger partial charge on any atom is -0.360 e. The molecule has 2 aliphatic rings. The first kappa shape index (κ1) is 19.1. The number of carbonyl (C=O) groups excluding carboxylic acids is 1. The second-order valence-corrected chi connectivity index (χ2v) is 8.88. The molecule has 6 rings (SSSR count). The topological polar surface area (TPSA) is 110 Å². The molecule has 2 atom stereocenters. The minimum absolute atomic E-state index is 0.115. The van der Waals surface area contributed by atoms with Gasteiger partial charge in [-0.25, -0.2) is 15.0 Å². The van der Waals surface area contributed by atoms with Gasteiger partial charge in [-0.1, -0.05) is 11.2 Å². The number of likely N-dealkylation sites (tertiary alicyclic amines) is 1. The zero-order valence-corrected chi connectivity index (χ0v) is 18.3. The van der Waals surface area contributed by atoms with E-state index in [2.05, 4.69) is 24.8 Å². The largest absolute Gasteiger partial charge is 0.360 e. The van der Waals surface area contributed by atoms with Crippen molar-refractivity contribution in [1.29, 1.82) is 0 Å². The lowest BCUT2D eigenvalue weighted by Gasteiger charge is -2.13. The highest BCUT2D eigenvalue weighted by Gasteiger charge is 2.69. The number of hydrogen-bond donors (Lipinski definition) is 1. The highest BCUT2D eigenvalue weighted by Crippen LogP contribution is 2.59. The number of nitrogens with one attached hydrogen (secondary N) is 1. The molecule has 5 heterocycles. The van der Waals surface area contributed by atoms with Crippen LogP contribution in [0.4, 0.5) is 11.6 Å². The van der Waals surface area contributed by atoms with Gasteiger partial charge in [0.05, 0.1) is 28.5 Å². The molecule has 9 nitrogen and oxygen atoms in total. The maximum atomic E-state index is 12.6. The standard InChI is InChI=1S/C22H19N7O2S/c1-12-18(11-32-28-12)26-21-23-7-6-16(25-21)14-4-3-5-15(24-14)17-8-19(31-27-17)22-9-13(22)10-29(2)20(22)30/h3-8,11,13H,9-10H2,1-2H3,(H,23,25,26)/t13?,22-/m0/s1. The molecule has 1 unspecified atom stereocenters. The minimum atomic E-state index is -0.528. The number of fused-ring (bicyclic) bond motifs is 1. The molecule has 0 spiro atoms. The molecule has 1 aliphatic carbocycles. The summed E-state index contributed by atoms with van der Waals surface area (Å²) in [4.78, 5) is 28.0. The van der Waals surface area contributed by atoms with E-state index in [1.807, 2.05) is 49.7 Å². The van der Waals surface area contributed by atoms with Crippen molar-refractivity contribution in [2.45, 2.75) is 18.8 Å². The van der Waals surface area contributed by atoms with Crippen LogP contribution in [0.2, 0.25) is 0 Å². The summed E-state index contributed by atoms with van der Waals surface area (Å²) in [6.07, 6.45) is 2.52. The Hall–Kier alpha value is -3.66. The van der Waals surface area contributed by atoms with Crippen molar-refractivity contribution in [3.8, 4) is 22.8 Å². The van der Waals surface area contributed by atoms with Crippen LogP contribution in [0, 0.1) is 12.8 Å². The number of nitrogens with zero attached hydrogens (tertiary/aromatic N) is 6. The first-order valence-electron chi connectivity index (χ1n) is 10.3. The summed E-state index contributed by atoms with van der Waals surface area (Å²) in [7, 11) is 1.83. The molecule has 0 bridgehead atoms. The molecular formula is C22H19N7O2S. The van der Waals surface area contributed by atoms with Crippen LogP contribution in [-0.2, 0) is 10.2 Å². The van der Waals surface area contributed by atoms with Crippen molar-refractivity contribution in [3.63, 3.8) is 0 Å². The number of aromatic nitrogens is 5. The Kier molecular flexibility index (Phi) is 4.12. The molecule has 10 heteroatoms. The predicted octanol–water partition coefficient (Wildman–Crippen LogP) is 3.43. The highest BCUT2D eigenvalue weighted by molar-refractivity contribution is 7.04. The SMILES string of the molecule is Cc1nscc1Nc1nccc(-c2cccc(-c3cc([C@]45CC4CN(C)C5=O)on3)n2)n1. The van der Waals surface area contributed by atoms with E-state index < -0.39 is 5.41 Å². The number of pyridine rings is 1. The maximum absolute atomic E-state index is 12.6. The van der Waals surface area contributed by atoms with E-state index in [0.29, 0.717) is 40.4 Å². The van der Waals surface area contributed by atoms with Gasteiger partial charge in [0.25, 0.3) is 0 Å². The zero-order chi connectivity index (χ0) is 21.9.